The van der Waals surface area contributed by atoms with E-state index in [0.717, 1.165) is 6.07 Å². The fourth-order valence-corrected chi connectivity index (χ4v) is 1.89. The summed E-state index contributed by atoms with van der Waals surface area (Å²) < 4.78 is 13.3. The molecular formula is C11H12ClFN2O4. The first-order chi connectivity index (χ1) is 8.79. The first-order valence-corrected chi connectivity index (χ1v) is 5.76. The minimum atomic E-state index is -1.13. The molecule has 19 heavy (non-hydrogen) atoms. The molecule has 1 atom stereocenters. The second kappa shape index (κ2) is 5.83. The van der Waals surface area contributed by atoms with Crippen LogP contribution in [-0.2, 0) is 4.79 Å². The quantitative estimate of drug-likeness (QED) is 0.666. The Morgan fingerprint density at radius 2 is 2.21 bits per heavy atom. The highest BCUT2D eigenvalue weighted by Gasteiger charge is 2.27. The first kappa shape index (κ1) is 15.2. The van der Waals surface area contributed by atoms with Gasteiger partial charge in [-0.3, -0.25) is 10.1 Å². The molecule has 1 N–H and O–H groups in total. The van der Waals surface area contributed by atoms with E-state index in [-0.39, 0.29) is 17.1 Å². The molecular weight excluding hydrogens is 279 g/mol. The number of benzene rings is 1. The predicted molar refractivity (Wildman–Crippen MR) is 68.2 cm³/mol. The molecule has 8 heteroatoms. The van der Waals surface area contributed by atoms with E-state index < -0.39 is 28.4 Å². The van der Waals surface area contributed by atoms with Crippen LogP contribution in [0.25, 0.3) is 0 Å². The number of halogens is 2. The van der Waals surface area contributed by atoms with Gasteiger partial charge in [-0.05, 0) is 12.5 Å². The molecule has 1 aromatic carbocycles. The molecule has 0 aliphatic carbocycles. The Kier molecular flexibility index (Phi) is 4.66. The Morgan fingerprint density at radius 1 is 1.63 bits per heavy atom. The van der Waals surface area contributed by atoms with Crippen LogP contribution in [0.15, 0.2) is 12.1 Å². The molecule has 0 radical (unpaired) electrons. The summed E-state index contributed by atoms with van der Waals surface area (Å²) in [5.41, 5.74) is -0.560. The molecule has 0 aromatic heterocycles. The normalized spacial score (nSPS) is 12.0. The topological polar surface area (TPSA) is 83.7 Å². The van der Waals surface area contributed by atoms with Crippen LogP contribution >= 0.6 is 11.6 Å². The van der Waals surface area contributed by atoms with Gasteiger partial charge in [-0.15, -0.1) is 0 Å². The maximum absolute atomic E-state index is 13.3. The number of hydrogen-bond donors (Lipinski definition) is 1. The van der Waals surface area contributed by atoms with E-state index in [9.17, 15) is 19.3 Å². The molecule has 104 valence electrons. The van der Waals surface area contributed by atoms with Gasteiger partial charge in [0.1, 0.15) is 17.5 Å². The van der Waals surface area contributed by atoms with E-state index in [0.29, 0.717) is 6.07 Å². The highest BCUT2D eigenvalue weighted by Crippen LogP contribution is 2.33. The number of likely N-dealkylation sites (N-methyl/N-ethyl adjacent to an activating group) is 1. The lowest BCUT2D eigenvalue weighted by atomic mass is 10.1. The van der Waals surface area contributed by atoms with Crippen molar-refractivity contribution in [2.24, 2.45) is 0 Å². The summed E-state index contributed by atoms with van der Waals surface area (Å²) in [7, 11) is 1.39. The van der Waals surface area contributed by atoms with Crippen LogP contribution < -0.4 is 4.90 Å². The molecule has 0 spiro atoms. The monoisotopic (exact) mass is 290 g/mol. The minimum absolute atomic E-state index is 0.0364. The average Bonchev–Trinajstić information content (AvgIpc) is 2.31. The van der Waals surface area contributed by atoms with Gasteiger partial charge < -0.3 is 10.0 Å². The zero-order chi connectivity index (χ0) is 14.7. The van der Waals surface area contributed by atoms with Gasteiger partial charge in [0, 0.05) is 7.05 Å². The van der Waals surface area contributed by atoms with Crippen molar-refractivity contribution in [3.8, 4) is 0 Å². The zero-order valence-corrected chi connectivity index (χ0v) is 11.0. The van der Waals surface area contributed by atoms with Gasteiger partial charge in [0.2, 0.25) is 0 Å². The van der Waals surface area contributed by atoms with Crippen molar-refractivity contribution in [1.29, 1.82) is 0 Å². The molecule has 6 nitrogen and oxygen atoms in total. The fraction of sp³-hybridized carbons (Fsp3) is 0.364. The van der Waals surface area contributed by atoms with Crippen molar-refractivity contribution in [3.63, 3.8) is 0 Å². The summed E-state index contributed by atoms with van der Waals surface area (Å²) in [5.74, 6) is -2.05. The van der Waals surface area contributed by atoms with E-state index in [4.69, 9.17) is 16.7 Å². The van der Waals surface area contributed by atoms with E-state index in [1.807, 2.05) is 0 Å². The molecule has 0 aliphatic rings. The highest BCUT2D eigenvalue weighted by molar-refractivity contribution is 6.31. The van der Waals surface area contributed by atoms with Gasteiger partial charge in [0.25, 0.3) is 5.69 Å². The van der Waals surface area contributed by atoms with Gasteiger partial charge in [0.05, 0.1) is 16.0 Å². The molecule has 0 saturated carbocycles. The van der Waals surface area contributed by atoms with E-state index in [2.05, 4.69) is 0 Å². The summed E-state index contributed by atoms with van der Waals surface area (Å²) in [6, 6.07) is 0.781. The summed E-state index contributed by atoms with van der Waals surface area (Å²) >= 11 is 5.59. The molecule has 0 heterocycles. The number of carboxylic acid groups (broad SMARTS) is 1. The van der Waals surface area contributed by atoms with Crippen LogP contribution in [0, 0.1) is 15.9 Å². The third-order valence-electron chi connectivity index (χ3n) is 2.73. The second-order valence-corrected chi connectivity index (χ2v) is 4.29. The van der Waals surface area contributed by atoms with Crippen molar-refractivity contribution in [2.45, 2.75) is 19.4 Å². The number of aliphatic carboxylic acids is 1. The second-order valence-electron chi connectivity index (χ2n) is 3.89. The van der Waals surface area contributed by atoms with Crippen molar-refractivity contribution in [2.75, 3.05) is 11.9 Å². The van der Waals surface area contributed by atoms with Crippen molar-refractivity contribution in [3.05, 3.63) is 33.1 Å². The maximum atomic E-state index is 13.3. The van der Waals surface area contributed by atoms with Crippen molar-refractivity contribution in [1.82, 2.24) is 0 Å². The zero-order valence-electron chi connectivity index (χ0n) is 10.3. The molecule has 0 amide bonds. The van der Waals surface area contributed by atoms with Crippen LogP contribution in [0.2, 0.25) is 5.02 Å². The lowest BCUT2D eigenvalue weighted by molar-refractivity contribution is -0.384. The number of anilines is 1. The highest BCUT2D eigenvalue weighted by atomic mass is 35.5. The van der Waals surface area contributed by atoms with Crippen LogP contribution in [0.1, 0.15) is 13.3 Å². The molecule has 0 bridgehead atoms. The Hall–Kier alpha value is -1.89. The van der Waals surface area contributed by atoms with Crippen LogP contribution in [0.4, 0.5) is 15.8 Å². The molecule has 0 fully saturated rings. The molecule has 1 rings (SSSR count). The molecule has 1 unspecified atom stereocenters. The smallest absolute Gasteiger partial charge is 0.326 e. The van der Waals surface area contributed by atoms with Crippen LogP contribution in [0.5, 0.6) is 0 Å². The number of hydrogen-bond acceptors (Lipinski definition) is 4. The van der Waals surface area contributed by atoms with Gasteiger partial charge in [0.15, 0.2) is 0 Å². The Balaban J connectivity index is 3.36. The van der Waals surface area contributed by atoms with Gasteiger partial charge in [-0.1, -0.05) is 18.5 Å². The maximum Gasteiger partial charge on any atom is 0.326 e. The number of nitrogens with zero attached hydrogens (tertiary/aromatic N) is 2. The van der Waals surface area contributed by atoms with Gasteiger partial charge in [-0.25, -0.2) is 9.18 Å². The first-order valence-electron chi connectivity index (χ1n) is 5.38. The van der Waals surface area contributed by atoms with Crippen molar-refractivity contribution >= 4 is 28.9 Å². The van der Waals surface area contributed by atoms with Crippen molar-refractivity contribution < 1.29 is 19.2 Å². The lowest BCUT2D eigenvalue weighted by Gasteiger charge is -2.25. The van der Waals surface area contributed by atoms with Gasteiger partial charge in [-0.2, -0.15) is 0 Å². The summed E-state index contributed by atoms with van der Waals surface area (Å²) in [6.07, 6.45) is 0.234. The molecule has 0 saturated heterocycles. The number of rotatable bonds is 5. The van der Waals surface area contributed by atoms with E-state index in [1.54, 1.807) is 6.92 Å². The summed E-state index contributed by atoms with van der Waals surface area (Å²) in [6.45, 7) is 1.63. The number of carboxylic acids is 1. The third-order valence-corrected chi connectivity index (χ3v) is 3.02. The Morgan fingerprint density at radius 3 is 2.63 bits per heavy atom. The van der Waals surface area contributed by atoms with E-state index >= 15 is 0 Å². The lowest BCUT2D eigenvalue weighted by Crippen LogP contribution is -2.38. The SMILES string of the molecule is CCC(C(=O)O)N(C)c1cc(Cl)c(F)cc1[N+](=O)[O-]. The van der Waals surface area contributed by atoms with Crippen LogP contribution in [0.3, 0.4) is 0 Å². The summed E-state index contributed by atoms with van der Waals surface area (Å²) in [5, 5.41) is 19.6. The third kappa shape index (κ3) is 3.11. The number of nitro groups is 1. The summed E-state index contributed by atoms with van der Waals surface area (Å²) in [4.78, 5) is 22.4. The Bertz CT molecular complexity index is 524. The van der Waals surface area contributed by atoms with Crippen LogP contribution in [-0.4, -0.2) is 29.1 Å². The average molecular weight is 291 g/mol. The molecule has 1 aromatic rings. The molecule has 0 aliphatic heterocycles. The largest absolute Gasteiger partial charge is 0.480 e. The predicted octanol–water partition coefficient (Wildman–Crippen LogP) is 2.69. The standard InChI is InChI=1S/C11H12ClFN2O4/c1-3-8(11(16)17)14(2)9-4-6(12)7(13)5-10(9)15(18)19/h4-5,8H,3H2,1-2H3,(H,16,17). The fourth-order valence-electron chi connectivity index (χ4n) is 1.74. The number of nitro benzene ring substituents is 1. The van der Waals surface area contributed by atoms with Gasteiger partial charge >= 0.3 is 5.97 Å². The number of carbonyl (C=O) groups is 1. The minimum Gasteiger partial charge on any atom is -0.480 e. The Labute approximate surface area is 113 Å². The van der Waals surface area contributed by atoms with E-state index in [1.165, 1.54) is 11.9 Å².